The molecule has 1 atom stereocenters. The second-order valence-electron chi connectivity index (χ2n) is 6.95. The average molecular weight is 388 g/mol. The summed E-state index contributed by atoms with van der Waals surface area (Å²) in [7, 11) is 1.61. The largest absolute Gasteiger partial charge is 0.497 e. The van der Waals surface area contributed by atoms with Crippen molar-refractivity contribution in [2.45, 2.75) is 6.04 Å². The number of pyridine rings is 1. The first-order valence-corrected chi connectivity index (χ1v) is 9.67. The molecule has 6 nitrogen and oxygen atoms in total. The number of benzene rings is 2. The van der Waals surface area contributed by atoms with Crippen molar-refractivity contribution < 1.29 is 9.53 Å². The van der Waals surface area contributed by atoms with Crippen LogP contribution in [-0.4, -0.2) is 37.6 Å². The van der Waals surface area contributed by atoms with Gasteiger partial charge in [-0.1, -0.05) is 30.3 Å². The van der Waals surface area contributed by atoms with Crippen LogP contribution in [0.4, 0.5) is 11.5 Å². The highest BCUT2D eigenvalue weighted by Gasteiger charge is 2.21. The molecule has 2 N–H and O–H groups in total. The van der Waals surface area contributed by atoms with E-state index >= 15 is 0 Å². The molecule has 148 valence electrons. The second kappa shape index (κ2) is 8.75. The number of ether oxygens (including phenoxy) is 1. The molecule has 0 bridgehead atoms. The highest BCUT2D eigenvalue weighted by atomic mass is 16.5. The molecule has 1 amide bonds. The molecule has 1 aliphatic rings. The van der Waals surface area contributed by atoms with Crippen LogP contribution < -0.4 is 20.3 Å². The van der Waals surface area contributed by atoms with E-state index in [1.165, 1.54) is 5.56 Å². The summed E-state index contributed by atoms with van der Waals surface area (Å²) >= 11 is 0. The van der Waals surface area contributed by atoms with Crippen LogP contribution in [0.1, 0.15) is 22.0 Å². The molecule has 1 aromatic heterocycles. The zero-order chi connectivity index (χ0) is 20.1. The number of carbonyl (C=O) groups excluding carboxylic acids is 1. The van der Waals surface area contributed by atoms with Gasteiger partial charge in [-0.15, -0.1) is 0 Å². The van der Waals surface area contributed by atoms with Gasteiger partial charge in [0.15, 0.2) is 0 Å². The third-order valence-electron chi connectivity index (χ3n) is 5.06. The molecule has 29 heavy (non-hydrogen) atoms. The van der Waals surface area contributed by atoms with Gasteiger partial charge >= 0.3 is 0 Å². The van der Waals surface area contributed by atoms with Gasteiger partial charge in [0.2, 0.25) is 0 Å². The van der Waals surface area contributed by atoms with Gasteiger partial charge in [0.05, 0.1) is 12.7 Å². The Morgan fingerprint density at radius 1 is 1.10 bits per heavy atom. The molecule has 1 saturated heterocycles. The lowest BCUT2D eigenvalue weighted by molar-refractivity contribution is 0.102. The van der Waals surface area contributed by atoms with E-state index in [4.69, 9.17) is 4.74 Å². The van der Waals surface area contributed by atoms with E-state index in [0.29, 0.717) is 11.3 Å². The number of amides is 1. The molecule has 0 spiro atoms. The lowest BCUT2D eigenvalue weighted by Crippen LogP contribution is -2.46. The van der Waals surface area contributed by atoms with E-state index < -0.39 is 0 Å². The molecule has 1 fully saturated rings. The number of piperazine rings is 1. The van der Waals surface area contributed by atoms with Crippen LogP contribution in [-0.2, 0) is 0 Å². The molecular formula is C23H24N4O2. The maximum Gasteiger partial charge on any atom is 0.257 e. The van der Waals surface area contributed by atoms with Crippen LogP contribution in [0.25, 0.3) is 0 Å². The minimum Gasteiger partial charge on any atom is -0.497 e. The monoisotopic (exact) mass is 388 g/mol. The number of anilines is 2. The number of aromatic nitrogens is 1. The zero-order valence-electron chi connectivity index (χ0n) is 16.3. The molecule has 4 rings (SSSR count). The minimum atomic E-state index is -0.184. The van der Waals surface area contributed by atoms with Crippen LogP contribution in [0.15, 0.2) is 72.9 Å². The van der Waals surface area contributed by atoms with Crippen LogP contribution in [0, 0.1) is 0 Å². The van der Waals surface area contributed by atoms with E-state index in [1.54, 1.807) is 13.3 Å². The predicted octanol–water partition coefficient (Wildman–Crippen LogP) is 3.49. The zero-order valence-corrected chi connectivity index (χ0v) is 16.3. The number of hydrogen-bond acceptors (Lipinski definition) is 5. The topological polar surface area (TPSA) is 66.5 Å². The van der Waals surface area contributed by atoms with Gasteiger partial charge in [0.1, 0.15) is 11.6 Å². The van der Waals surface area contributed by atoms with Crippen molar-refractivity contribution in [3.63, 3.8) is 0 Å². The first-order chi connectivity index (χ1) is 14.2. The Morgan fingerprint density at radius 2 is 1.90 bits per heavy atom. The normalized spacial score (nSPS) is 16.3. The predicted molar refractivity (Wildman–Crippen MR) is 115 cm³/mol. The minimum absolute atomic E-state index is 0.184. The Labute approximate surface area is 170 Å². The summed E-state index contributed by atoms with van der Waals surface area (Å²) in [5.41, 5.74) is 2.51. The smallest absolute Gasteiger partial charge is 0.257 e. The van der Waals surface area contributed by atoms with Crippen molar-refractivity contribution in [1.82, 2.24) is 10.3 Å². The third kappa shape index (κ3) is 4.55. The van der Waals surface area contributed by atoms with Gasteiger partial charge in [0, 0.05) is 37.6 Å². The Hall–Kier alpha value is -3.38. The maximum atomic E-state index is 12.5. The molecule has 2 aromatic carbocycles. The van der Waals surface area contributed by atoms with Crippen LogP contribution in [0.2, 0.25) is 0 Å². The molecule has 6 heteroatoms. The summed E-state index contributed by atoms with van der Waals surface area (Å²) < 4.78 is 5.13. The molecule has 0 aliphatic carbocycles. The Kier molecular flexibility index (Phi) is 5.72. The summed E-state index contributed by atoms with van der Waals surface area (Å²) in [6.45, 7) is 2.61. The highest BCUT2D eigenvalue weighted by molar-refractivity contribution is 6.04. The lowest BCUT2D eigenvalue weighted by Gasteiger charge is -2.34. The Bertz CT molecular complexity index is 943. The number of nitrogens with one attached hydrogen (secondary N) is 2. The number of carbonyl (C=O) groups is 1. The number of hydrogen-bond donors (Lipinski definition) is 2. The van der Waals surface area contributed by atoms with Crippen LogP contribution in [0.5, 0.6) is 5.75 Å². The molecule has 3 aromatic rings. The SMILES string of the molecule is COc1ccc(NC(=O)c2ccc(N3CCNC(c4ccccc4)C3)nc2)cc1. The number of nitrogens with zero attached hydrogens (tertiary/aromatic N) is 2. The average Bonchev–Trinajstić information content (AvgIpc) is 2.80. The fraction of sp³-hybridized carbons (Fsp3) is 0.217. The number of methoxy groups -OCH3 is 1. The first-order valence-electron chi connectivity index (χ1n) is 9.67. The van der Waals surface area contributed by atoms with E-state index in [-0.39, 0.29) is 11.9 Å². The molecule has 0 saturated carbocycles. The van der Waals surface area contributed by atoms with Gasteiger partial charge in [-0.2, -0.15) is 0 Å². The summed E-state index contributed by atoms with van der Waals surface area (Å²) in [6.07, 6.45) is 1.63. The summed E-state index contributed by atoms with van der Waals surface area (Å²) in [4.78, 5) is 19.3. The molecule has 1 unspecified atom stereocenters. The Morgan fingerprint density at radius 3 is 2.59 bits per heavy atom. The van der Waals surface area contributed by atoms with Crippen LogP contribution >= 0.6 is 0 Å². The Balaban J connectivity index is 1.41. The summed E-state index contributed by atoms with van der Waals surface area (Å²) in [5.74, 6) is 1.45. The van der Waals surface area contributed by atoms with Crippen molar-refractivity contribution in [2.24, 2.45) is 0 Å². The van der Waals surface area contributed by atoms with E-state index in [9.17, 15) is 4.79 Å². The van der Waals surface area contributed by atoms with Crippen LogP contribution in [0.3, 0.4) is 0 Å². The van der Waals surface area contributed by atoms with Gasteiger partial charge in [-0.05, 0) is 42.0 Å². The molecule has 1 aliphatic heterocycles. The quantitative estimate of drug-likeness (QED) is 0.700. The molecular weight excluding hydrogens is 364 g/mol. The lowest BCUT2D eigenvalue weighted by atomic mass is 10.0. The standard InChI is InChI=1S/C23H24N4O2/c1-29-20-10-8-19(9-11-20)26-23(28)18-7-12-22(25-15-18)27-14-13-24-21(16-27)17-5-3-2-4-6-17/h2-12,15,21,24H,13-14,16H2,1H3,(H,26,28). The van der Waals surface area contributed by atoms with E-state index in [0.717, 1.165) is 31.2 Å². The maximum absolute atomic E-state index is 12.5. The van der Waals surface area contributed by atoms with Crippen molar-refractivity contribution in [1.29, 1.82) is 0 Å². The molecule has 0 radical (unpaired) electrons. The van der Waals surface area contributed by atoms with Crippen molar-refractivity contribution in [3.8, 4) is 5.75 Å². The fourth-order valence-electron chi connectivity index (χ4n) is 3.45. The molecule has 2 heterocycles. The summed E-state index contributed by atoms with van der Waals surface area (Å²) in [5, 5.41) is 6.44. The number of rotatable bonds is 5. The van der Waals surface area contributed by atoms with Crippen molar-refractivity contribution in [2.75, 3.05) is 37.0 Å². The van der Waals surface area contributed by atoms with E-state index in [1.807, 2.05) is 42.5 Å². The van der Waals surface area contributed by atoms with E-state index in [2.05, 4.69) is 44.8 Å². The highest BCUT2D eigenvalue weighted by Crippen LogP contribution is 2.21. The van der Waals surface area contributed by atoms with Crippen molar-refractivity contribution in [3.05, 3.63) is 84.1 Å². The summed E-state index contributed by atoms with van der Waals surface area (Å²) in [6, 6.07) is 21.7. The van der Waals surface area contributed by atoms with Gasteiger partial charge in [0.25, 0.3) is 5.91 Å². The van der Waals surface area contributed by atoms with Gasteiger partial charge in [-0.25, -0.2) is 4.98 Å². The van der Waals surface area contributed by atoms with Gasteiger partial charge in [-0.3, -0.25) is 4.79 Å². The van der Waals surface area contributed by atoms with Crippen molar-refractivity contribution >= 4 is 17.4 Å². The van der Waals surface area contributed by atoms with Gasteiger partial charge < -0.3 is 20.3 Å². The second-order valence-corrected chi connectivity index (χ2v) is 6.95. The fourth-order valence-corrected chi connectivity index (χ4v) is 3.45. The third-order valence-corrected chi connectivity index (χ3v) is 5.06. The first kappa shape index (κ1) is 19.0.